The fourth-order valence-corrected chi connectivity index (χ4v) is 0.831. The highest BCUT2D eigenvalue weighted by atomic mass is 19.3. The van der Waals surface area contributed by atoms with Gasteiger partial charge in [-0.15, -0.1) is 0 Å². The summed E-state index contributed by atoms with van der Waals surface area (Å²) >= 11 is 0. The average Bonchev–Trinajstić information content (AvgIpc) is 1.97. The molecule has 0 saturated heterocycles. The predicted molar refractivity (Wildman–Crippen MR) is 35.6 cm³/mol. The van der Waals surface area contributed by atoms with Crippen LogP contribution in [0.1, 0.15) is 17.6 Å². The quantitative estimate of drug-likeness (QED) is 0.667. The van der Waals surface area contributed by atoms with Crippen molar-refractivity contribution in [2.24, 2.45) is 0 Å². The fourth-order valence-electron chi connectivity index (χ4n) is 0.831. The van der Waals surface area contributed by atoms with Gasteiger partial charge in [0.05, 0.1) is 11.8 Å². The van der Waals surface area contributed by atoms with Gasteiger partial charge < -0.3 is 5.11 Å². The van der Waals surface area contributed by atoms with Crippen molar-refractivity contribution in [3.05, 3.63) is 23.3 Å². The van der Waals surface area contributed by atoms with E-state index in [9.17, 15) is 13.2 Å². The average molecular weight is 177 g/mol. The summed E-state index contributed by atoms with van der Waals surface area (Å²) in [5.74, 6) is -1.66. The smallest absolute Gasteiger partial charge is 0.268 e. The zero-order valence-corrected chi connectivity index (χ0v) is 6.18. The molecule has 0 aliphatic rings. The maximum atomic E-state index is 12.6. The normalized spacial score (nSPS) is 10.8. The van der Waals surface area contributed by atoms with Gasteiger partial charge in [-0.25, -0.2) is 13.8 Å². The van der Waals surface area contributed by atoms with Crippen LogP contribution in [-0.2, 0) is 0 Å². The van der Waals surface area contributed by atoms with E-state index in [1.165, 1.54) is 6.92 Å². The van der Waals surface area contributed by atoms with Gasteiger partial charge in [-0.3, -0.25) is 0 Å². The summed E-state index contributed by atoms with van der Waals surface area (Å²) in [5.41, 5.74) is -1.01. The van der Waals surface area contributed by atoms with Crippen molar-refractivity contribution in [2.45, 2.75) is 13.3 Å². The topological polar surface area (TPSA) is 33.1 Å². The zero-order chi connectivity index (χ0) is 9.30. The van der Waals surface area contributed by atoms with Crippen LogP contribution in [0.3, 0.4) is 0 Å². The highest BCUT2D eigenvalue weighted by molar-refractivity contribution is 5.35. The minimum Gasteiger partial charge on any atom is -0.506 e. The van der Waals surface area contributed by atoms with Crippen LogP contribution in [0.2, 0.25) is 0 Å². The third-order valence-electron chi connectivity index (χ3n) is 1.53. The van der Waals surface area contributed by atoms with E-state index in [1.807, 2.05) is 0 Å². The van der Waals surface area contributed by atoms with Crippen LogP contribution >= 0.6 is 0 Å². The lowest BCUT2D eigenvalue weighted by Crippen LogP contribution is -1.97. The predicted octanol–water partition coefficient (Wildman–Crippen LogP) is 2.17. The van der Waals surface area contributed by atoms with Crippen molar-refractivity contribution in [1.29, 1.82) is 0 Å². The summed E-state index contributed by atoms with van der Waals surface area (Å²) in [6.45, 7) is 1.21. The number of aromatic nitrogens is 1. The molecule has 0 aromatic carbocycles. The lowest BCUT2D eigenvalue weighted by atomic mass is 10.1. The summed E-state index contributed by atoms with van der Waals surface area (Å²) in [5, 5.41) is 8.91. The molecule has 1 aromatic heterocycles. The Morgan fingerprint density at radius 2 is 2.08 bits per heavy atom. The molecule has 0 unspecified atom stereocenters. The van der Waals surface area contributed by atoms with Gasteiger partial charge in [-0.2, -0.15) is 4.39 Å². The van der Waals surface area contributed by atoms with Gasteiger partial charge in [-0.05, 0) is 6.92 Å². The van der Waals surface area contributed by atoms with Crippen molar-refractivity contribution in [1.82, 2.24) is 4.98 Å². The van der Waals surface area contributed by atoms with Crippen LogP contribution in [0, 0.1) is 12.9 Å². The molecule has 1 N–H and O–H groups in total. The summed E-state index contributed by atoms with van der Waals surface area (Å²) < 4.78 is 36.7. The second kappa shape index (κ2) is 3.00. The Labute approximate surface area is 66.7 Å². The van der Waals surface area contributed by atoms with Crippen molar-refractivity contribution in [3.63, 3.8) is 0 Å². The highest BCUT2D eigenvalue weighted by Gasteiger charge is 2.19. The van der Waals surface area contributed by atoms with Crippen molar-refractivity contribution >= 4 is 0 Å². The maximum absolute atomic E-state index is 12.6. The van der Waals surface area contributed by atoms with Gasteiger partial charge in [0, 0.05) is 5.56 Å². The molecule has 0 aliphatic carbocycles. The van der Waals surface area contributed by atoms with Crippen molar-refractivity contribution in [3.8, 4) is 5.75 Å². The molecule has 66 valence electrons. The lowest BCUT2D eigenvalue weighted by molar-refractivity contribution is 0.143. The summed E-state index contributed by atoms with van der Waals surface area (Å²) in [6.07, 6.45) is -2.15. The Morgan fingerprint density at radius 3 is 2.50 bits per heavy atom. The van der Waals surface area contributed by atoms with E-state index in [1.54, 1.807) is 0 Å². The molecule has 5 heteroatoms. The Bertz CT molecular complexity index is 301. The number of alkyl halides is 2. The number of pyridine rings is 1. The molecule has 1 heterocycles. The first-order valence-corrected chi connectivity index (χ1v) is 3.16. The molecular weight excluding hydrogens is 171 g/mol. The third kappa shape index (κ3) is 1.34. The van der Waals surface area contributed by atoms with E-state index in [4.69, 9.17) is 5.11 Å². The molecule has 0 fully saturated rings. The van der Waals surface area contributed by atoms with E-state index in [2.05, 4.69) is 4.98 Å². The Morgan fingerprint density at radius 1 is 1.50 bits per heavy atom. The summed E-state index contributed by atoms with van der Waals surface area (Å²) in [6, 6.07) is 0. The van der Waals surface area contributed by atoms with E-state index >= 15 is 0 Å². The molecule has 0 radical (unpaired) electrons. The van der Waals surface area contributed by atoms with E-state index in [0.717, 1.165) is 6.20 Å². The number of rotatable bonds is 1. The Hall–Kier alpha value is -1.26. The molecule has 0 amide bonds. The largest absolute Gasteiger partial charge is 0.506 e. The number of hydrogen-bond acceptors (Lipinski definition) is 2. The molecule has 12 heavy (non-hydrogen) atoms. The summed E-state index contributed by atoms with van der Waals surface area (Å²) in [4.78, 5) is 2.96. The van der Waals surface area contributed by atoms with Gasteiger partial charge >= 0.3 is 0 Å². The molecule has 1 rings (SSSR count). The maximum Gasteiger partial charge on any atom is 0.268 e. The zero-order valence-electron chi connectivity index (χ0n) is 6.18. The minimum atomic E-state index is -2.95. The molecule has 0 aliphatic heterocycles. The van der Waals surface area contributed by atoms with E-state index < -0.39 is 23.7 Å². The Balaban J connectivity index is 3.33. The van der Waals surface area contributed by atoms with Gasteiger partial charge in [0.15, 0.2) is 0 Å². The SMILES string of the molecule is Cc1c(O)cnc(F)c1C(F)F. The van der Waals surface area contributed by atoms with Crippen LogP contribution < -0.4 is 0 Å². The number of hydrogen-bond donors (Lipinski definition) is 1. The first kappa shape index (κ1) is 8.83. The van der Waals surface area contributed by atoms with Gasteiger partial charge in [0.25, 0.3) is 6.43 Å². The van der Waals surface area contributed by atoms with Gasteiger partial charge in [0.2, 0.25) is 5.95 Å². The van der Waals surface area contributed by atoms with Crippen LogP contribution in [0.5, 0.6) is 5.75 Å². The molecular formula is C7H6F3NO. The molecule has 1 aromatic rings. The van der Waals surface area contributed by atoms with Gasteiger partial charge in [-0.1, -0.05) is 0 Å². The van der Waals surface area contributed by atoms with Crippen molar-refractivity contribution in [2.75, 3.05) is 0 Å². The molecule has 0 bridgehead atoms. The van der Waals surface area contributed by atoms with Crippen LogP contribution in [0.4, 0.5) is 13.2 Å². The molecule has 0 saturated carbocycles. The van der Waals surface area contributed by atoms with Crippen LogP contribution in [-0.4, -0.2) is 10.1 Å². The molecule has 0 spiro atoms. The second-order valence-electron chi connectivity index (χ2n) is 2.27. The monoisotopic (exact) mass is 177 g/mol. The summed E-state index contributed by atoms with van der Waals surface area (Å²) in [7, 11) is 0. The fraction of sp³-hybridized carbons (Fsp3) is 0.286. The first-order valence-electron chi connectivity index (χ1n) is 3.16. The lowest BCUT2D eigenvalue weighted by Gasteiger charge is -2.05. The number of nitrogens with zero attached hydrogens (tertiary/aromatic N) is 1. The third-order valence-corrected chi connectivity index (χ3v) is 1.53. The van der Waals surface area contributed by atoms with E-state index in [0.29, 0.717) is 0 Å². The molecule has 0 atom stereocenters. The number of aromatic hydroxyl groups is 1. The second-order valence-corrected chi connectivity index (χ2v) is 2.27. The minimum absolute atomic E-state index is 0.169. The van der Waals surface area contributed by atoms with Crippen LogP contribution in [0.25, 0.3) is 0 Å². The van der Waals surface area contributed by atoms with Crippen LogP contribution in [0.15, 0.2) is 6.20 Å². The first-order chi connectivity index (χ1) is 5.54. The number of halogens is 3. The standard InChI is InChI=1S/C7H6F3NO/c1-3-4(12)2-11-7(10)5(3)6(8)9/h2,6,12H,1H3. The molecule has 2 nitrogen and oxygen atoms in total. The van der Waals surface area contributed by atoms with Crippen molar-refractivity contribution < 1.29 is 18.3 Å². The van der Waals surface area contributed by atoms with Gasteiger partial charge in [0.1, 0.15) is 5.75 Å². The van der Waals surface area contributed by atoms with E-state index in [-0.39, 0.29) is 5.56 Å². The highest BCUT2D eigenvalue weighted by Crippen LogP contribution is 2.28. The Kier molecular flexibility index (Phi) is 2.21.